The van der Waals surface area contributed by atoms with Gasteiger partial charge >= 0.3 is 12.1 Å². The Balaban J connectivity index is 1.95. The number of pyridine rings is 1. The smallest absolute Gasteiger partial charge is 0.289 e. The number of benzene rings is 1. The number of carbonyl (C=O) groups excluding carboxylic acids is 2. The summed E-state index contributed by atoms with van der Waals surface area (Å²) < 4.78 is 64.1. The van der Waals surface area contributed by atoms with Crippen molar-refractivity contribution in [3.63, 3.8) is 0 Å². The zero-order valence-corrected chi connectivity index (χ0v) is 14.6. The average molecular weight is 395 g/mol. The van der Waals surface area contributed by atoms with E-state index in [9.17, 15) is 31.5 Å². The molecule has 0 unspecified atom stereocenters. The van der Waals surface area contributed by atoms with Crippen LogP contribution in [0.5, 0.6) is 0 Å². The molecule has 1 aromatic heterocycles. The monoisotopic (exact) mass is 395 g/mol. The van der Waals surface area contributed by atoms with Crippen LogP contribution in [0.25, 0.3) is 0 Å². The summed E-state index contributed by atoms with van der Waals surface area (Å²) in [7, 11) is 0. The maximum absolute atomic E-state index is 13.4. The molecule has 1 aliphatic rings. The first-order valence-electron chi connectivity index (χ1n) is 8.38. The molecule has 0 spiro atoms. The molecule has 0 aliphatic heterocycles. The quantitative estimate of drug-likeness (QED) is 0.680. The van der Waals surface area contributed by atoms with Gasteiger partial charge in [0, 0.05) is 46.1 Å². The van der Waals surface area contributed by atoms with E-state index in [4.69, 9.17) is 0 Å². The molecule has 0 fully saturated rings. The summed E-state index contributed by atoms with van der Waals surface area (Å²) in [6.07, 6.45) is -5.15. The maximum Gasteiger partial charge on any atom is 0.458 e. The van der Waals surface area contributed by atoms with Crippen LogP contribution in [0.2, 0.25) is 0 Å². The number of hydrogen-bond acceptors (Lipinski definition) is 3. The lowest BCUT2D eigenvalue weighted by molar-refractivity contribution is -0.289. The molecule has 0 saturated carbocycles. The molecule has 8 heteroatoms. The summed E-state index contributed by atoms with van der Waals surface area (Å²) in [5.41, 5.74) is -0.182. The second-order valence-corrected chi connectivity index (χ2v) is 6.30. The molecule has 28 heavy (non-hydrogen) atoms. The topological polar surface area (TPSA) is 47.0 Å². The zero-order valence-electron chi connectivity index (χ0n) is 14.6. The third-order valence-corrected chi connectivity index (χ3v) is 4.58. The first kappa shape index (κ1) is 19.9. The van der Waals surface area contributed by atoms with Crippen molar-refractivity contribution in [2.45, 2.75) is 31.9 Å². The van der Waals surface area contributed by atoms with Crippen LogP contribution in [0.1, 0.15) is 45.3 Å². The molecular weight excluding hydrogens is 381 g/mol. The van der Waals surface area contributed by atoms with E-state index in [0.29, 0.717) is 17.8 Å². The Morgan fingerprint density at radius 2 is 1.43 bits per heavy atom. The highest BCUT2D eigenvalue weighted by Gasteiger charge is 2.58. The summed E-state index contributed by atoms with van der Waals surface area (Å²) >= 11 is 0. The molecule has 0 N–H and O–H groups in total. The summed E-state index contributed by atoms with van der Waals surface area (Å²) in [6, 6.07) is 7.96. The van der Waals surface area contributed by atoms with E-state index in [2.05, 4.69) is 4.98 Å². The van der Waals surface area contributed by atoms with Crippen LogP contribution < -0.4 is 0 Å². The maximum atomic E-state index is 13.4. The lowest BCUT2D eigenvalue weighted by Crippen LogP contribution is -2.33. The Morgan fingerprint density at radius 1 is 0.857 bits per heavy atom. The second kappa shape index (κ2) is 6.92. The van der Waals surface area contributed by atoms with Gasteiger partial charge in [0.15, 0.2) is 11.6 Å². The predicted octanol–water partition coefficient (Wildman–Crippen LogP) is 5.06. The number of rotatable bonds is 4. The standard InChI is InChI=1S/C20H14F5NO2/c1-2-13-16(18(28)15-6-4-3-5-14(15)17(13)27)9-12-8-7-11(10-26-12)19(21,22)20(23,24)25/h3-8,10H,2,9H2,1H3. The highest BCUT2D eigenvalue weighted by atomic mass is 19.4. The largest absolute Gasteiger partial charge is 0.458 e. The lowest BCUT2D eigenvalue weighted by Gasteiger charge is -2.21. The molecular formula is C20H14F5NO2. The SMILES string of the molecule is CCC1=C(Cc2ccc(C(F)(F)C(F)(F)F)cn2)C(=O)c2ccccc2C1=O. The Bertz CT molecular complexity index is 975. The van der Waals surface area contributed by atoms with Crippen molar-refractivity contribution in [2.75, 3.05) is 0 Å². The minimum atomic E-state index is -5.73. The van der Waals surface area contributed by atoms with E-state index in [1.165, 1.54) is 6.07 Å². The van der Waals surface area contributed by atoms with Gasteiger partial charge < -0.3 is 0 Å². The van der Waals surface area contributed by atoms with E-state index in [-0.39, 0.29) is 46.8 Å². The third kappa shape index (κ3) is 3.23. The van der Waals surface area contributed by atoms with Gasteiger partial charge in [0.25, 0.3) is 0 Å². The Morgan fingerprint density at radius 3 is 1.89 bits per heavy atom. The lowest BCUT2D eigenvalue weighted by atomic mass is 9.81. The van der Waals surface area contributed by atoms with Crippen molar-refractivity contribution in [3.05, 3.63) is 76.1 Å². The number of ketones is 2. The van der Waals surface area contributed by atoms with Gasteiger partial charge in [-0.1, -0.05) is 31.2 Å². The van der Waals surface area contributed by atoms with Crippen molar-refractivity contribution in [1.29, 1.82) is 0 Å². The fraction of sp³-hybridized carbons (Fsp3) is 0.250. The molecule has 1 heterocycles. The molecule has 0 amide bonds. The fourth-order valence-corrected chi connectivity index (χ4v) is 3.10. The molecule has 2 aromatic rings. The highest BCUT2D eigenvalue weighted by molar-refractivity contribution is 6.26. The molecule has 0 saturated heterocycles. The van der Waals surface area contributed by atoms with Crippen molar-refractivity contribution < 1.29 is 31.5 Å². The molecule has 0 atom stereocenters. The summed E-state index contributed by atoms with van der Waals surface area (Å²) in [5, 5.41) is 0. The number of carbonyl (C=O) groups is 2. The number of allylic oxidation sites excluding steroid dienone is 2. The zero-order chi connectivity index (χ0) is 20.7. The van der Waals surface area contributed by atoms with E-state index >= 15 is 0 Å². The van der Waals surface area contributed by atoms with E-state index in [0.717, 1.165) is 6.07 Å². The number of nitrogens with zero attached hydrogens (tertiary/aromatic N) is 1. The number of hydrogen-bond donors (Lipinski definition) is 0. The van der Waals surface area contributed by atoms with Gasteiger partial charge in [0.2, 0.25) is 0 Å². The second-order valence-electron chi connectivity index (χ2n) is 6.30. The first-order chi connectivity index (χ1) is 13.1. The number of Topliss-reactive ketones (excluding diaryl/α,β-unsaturated/α-hetero) is 2. The first-order valence-corrected chi connectivity index (χ1v) is 8.38. The van der Waals surface area contributed by atoms with Crippen molar-refractivity contribution in [2.24, 2.45) is 0 Å². The van der Waals surface area contributed by atoms with Crippen molar-refractivity contribution >= 4 is 11.6 Å². The van der Waals surface area contributed by atoms with Gasteiger partial charge in [0.1, 0.15) is 0 Å². The number of fused-ring (bicyclic) bond motifs is 1. The molecule has 3 rings (SSSR count). The van der Waals surface area contributed by atoms with Crippen LogP contribution in [0.4, 0.5) is 22.0 Å². The Hall–Kier alpha value is -2.90. The molecule has 1 aliphatic carbocycles. The molecule has 146 valence electrons. The van der Waals surface area contributed by atoms with Gasteiger partial charge in [-0.3, -0.25) is 14.6 Å². The van der Waals surface area contributed by atoms with Gasteiger partial charge in [0.05, 0.1) is 0 Å². The third-order valence-electron chi connectivity index (χ3n) is 4.58. The summed E-state index contributed by atoms with van der Waals surface area (Å²) in [4.78, 5) is 29.1. The molecule has 0 bridgehead atoms. The van der Waals surface area contributed by atoms with Crippen molar-refractivity contribution in [1.82, 2.24) is 4.98 Å². The van der Waals surface area contributed by atoms with Gasteiger partial charge in [-0.05, 0) is 18.6 Å². The van der Waals surface area contributed by atoms with Crippen LogP contribution in [-0.2, 0) is 12.3 Å². The number of halogens is 5. The fourth-order valence-electron chi connectivity index (χ4n) is 3.10. The normalized spacial score (nSPS) is 15.1. The van der Waals surface area contributed by atoms with Crippen LogP contribution in [0.15, 0.2) is 53.7 Å². The molecule has 1 aromatic carbocycles. The summed E-state index contributed by atoms with van der Waals surface area (Å²) in [5.74, 6) is -5.70. The van der Waals surface area contributed by atoms with Crippen LogP contribution >= 0.6 is 0 Å². The minimum absolute atomic E-state index is 0.114. The van der Waals surface area contributed by atoms with Gasteiger partial charge in [-0.2, -0.15) is 22.0 Å². The van der Waals surface area contributed by atoms with Crippen LogP contribution in [0, 0.1) is 0 Å². The van der Waals surface area contributed by atoms with Crippen LogP contribution in [-0.4, -0.2) is 22.7 Å². The van der Waals surface area contributed by atoms with E-state index < -0.39 is 17.7 Å². The minimum Gasteiger partial charge on any atom is -0.289 e. The van der Waals surface area contributed by atoms with Crippen molar-refractivity contribution in [3.8, 4) is 0 Å². The summed E-state index contributed by atoms with van der Waals surface area (Å²) in [6.45, 7) is 1.70. The predicted molar refractivity (Wildman–Crippen MR) is 90.3 cm³/mol. The van der Waals surface area contributed by atoms with E-state index in [1.54, 1.807) is 25.1 Å². The van der Waals surface area contributed by atoms with Crippen LogP contribution in [0.3, 0.4) is 0 Å². The Labute approximate surface area is 156 Å². The average Bonchev–Trinajstić information content (AvgIpc) is 2.66. The number of aromatic nitrogens is 1. The van der Waals surface area contributed by atoms with E-state index in [1.807, 2.05) is 0 Å². The van der Waals surface area contributed by atoms with Gasteiger partial charge in [-0.15, -0.1) is 0 Å². The van der Waals surface area contributed by atoms with Gasteiger partial charge in [-0.25, -0.2) is 0 Å². The number of alkyl halides is 5. The Kier molecular flexibility index (Phi) is 4.91. The highest BCUT2D eigenvalue weighted by Crippen LogP contribution is 2.43. The molecule has 3 nitrogen and oxygen atoms in total. The molecule has 0 radical (unpaired) electrons.